The maximum absolute atomic E-state index is 13.0. The Morgan fingerprint density at radius 1 is 1.10 bits per heavy atom. The zero-order valence-corrected chi connectivity index (χ0v) is 18.0. The molecule has 29 heavy (non-hydrogen) atoms. The Kier molecular flexibility index (Phi) is 7.53. The lowest BCUT2D eigenvalue weighted by Crippen LogP contribution is -2.58. The lowest BCUT2D eigenvalue weighted by molar-refractivity contribution is -0.129. The number of rotatable bonds is 7. The van der Waals surface area contributed by atoms with E-state index in [1.165, 1.54) is 12.8 Å². The summed E-state index contributed by atoms with van der Waals surface area (Å²) in [6.07, 6.45) is 4.68. The fourth-order valence-corrected chi connectivity index (χ4v) is 4.56. The molecule has 6 heteroatoms. The van der Waals surface area contributed by atoms with E-state index >= 15 is 0 Å². The third-order valence-corrected chi connectivity index (χ3v) is 6.13. The standard InChI is InChI=1S/C23H35N3O3/c1-17(2)16-24-22(27)21(18-8-4-5-9-18)25-12-14-26(15-13-25)23(28)19-10-6-7-11-20(19)29-3/h6-7,10-11,17-18,21H,4-5,8-9,12-16H2,1-3H3,(H,24,27)/t21-/m1/s1. The number of ether oxygens (including phenoxy) is 1. The van der Waals surface area contributed by atoms with E-state index in [1.54, 1.807) is 7.11 Å². The van der Waals surface area contributed by atoms with Crippen LogP contribution in [0.1, 0.15) is 49.9 Å². The van der Waals surface area contributed by atoms with Crippen molar-refractivity contribution in [1.29, 1.82) is 0 Å². The van der Waals surface area contributed by atoms with Gasteiger partial charge in [0.25, 0.3) is 5.91 Å². The minimum Gasteiger partial charge on any atom is -0.496 e. The molecule has 1 aliphatic heterocycles. The van der Waals surface area contributed by atoms with Gasteiger partial charge in [0.05, 0.1) is 18.7 Å². The number of amides is 2. The predicted octanol–water partition coefficient (Wildman–Crippen LogP) is 2.78. The van der Waals surface area contributed by atoms with Gasteiger partial charge in [-0.2, -0.15) is 0 Å². The molecule has 1 N–H and O–H groups in total. The second kappa shape index (κ2) is 10.1. The van der Waals surface area contributed by atoms with E-state index in [1.807, 2.05) is 29.2 Å². The van der Waals surface area contributed by atoms with Crippen LogP contribution in [-0.2, 0) is 4.79 Å². The molecule has 2 fully saturated rings. The van der Waals surface area contributed by atoms with Gasteiger partial charge in [-0.25, -0.2) is 0 Å². The van der Waals surface area contributed by atoms with Crippen LogP contribution in [0.4, 0.5) is 0 Å². The molecule has 6 nitrogen and oxygen atoms in total. The topological polar surface area (TPSA) is 61.9 Å². The molecule has 1 atom stereocenters. The molecule has 1 saturated heterocycles. The van der Waals surface area contributed by atoms with E-state index < -0.39 is 0 Å². The second-order valence-corrected chi connectivity index (χ2v) is 8.66. The molecule has 0 aromatic heterocycles. The largest absolute Gasteiger partial charge is 0.496 e. The fraction of sp³-hybridized carbons (Fsp3) is 0.652. The van der Waals surface area contributed by atoms with Crippen molar-refractivity contribution in [2.45, 2.75) is 45.6 Å². The summed E-state index contributed by atoms with van der Waals surface area (Å²) in [6.45, 7) is 7.69. The highest BCUT2D eigenvalue weighted by Crippen LogP contribution is 2.31. The normalized spacial score (nSPS) is 19.4. The number of hydrogen-bond donors (Lipinski definition) is 1. The quantitative estimate of drug-likeness (QED) is 0.763. The van der Waals surface area contributed by atoms with Crippen molar-refractivity contribution >= 4 is 11.8 Å². The first kappa shape index (κ1) is 21.6. The summed E-state index contributed by atoms with van der Waals surface area (Å²) in [5.41, 5.74) is 0.602. The van der Waals surface area contributed by atoms with Crippen molar-refractivity contribution in [1.82, 2.24) is 15.1 Å². The van der Waals surface area contributed by atoms with E-state index in [2.05, 4.69) is 24.1 Å². The van der Waals surface area contributed by atoms with Crippen LogP contribution in [-0.4, -0.2) is 67.5 Å². The van der Waals surface area contributed by atoms with Crippen LogP contribution in [0.5, 0.6) is 5.75 Å². The maximum atomic E-state index is 13.0. The van der Waals surface area contributed by atoms with Crippen molar-refractivity contribution in [3.63, 3.8) is 0 Å². The summed E-state index contributed by atoms with van der Waals surface area (Å²) >= 11 is 0. The molecular formula is C23H35N3O3. The number of methoxy groups -OCH3 is 1. The molecule has 1 aliphatic carbocycles. The van der Waals surface area contributed by atoms with Gasteiger partial charge < -0.3 is 15.0 Å². The molecule has 2 amide bonds. The second-order valence-electron chi connectivity index (χ2n) is 8.66. The lowest BCUT2D eigenvalue weighted by Gasteiger charge is -2.41. The molecule has 1 saturated carbocycles. The number of hydrogen-bond acceptors (Lipinski definition) is 4. The molecule has 0 spiro atoms. The monoisotopic (exact) mass is 401 g/mol. The zero-order chi connectivity index (χ0) is 20.8. The number of benzene rings is 1. The molecule has 1 aromatic carbocycles. The highest BCUT2D eigenvalue weighted by atomic mass is 16.5. The highest BCUT2D eigenvalue weighted by Gasteiger charge is 2.37. The SMILES string of the molecule is COc1ccccc1C(=O)N1CCN([C@@H](C(=O)NCC(C)C)C2CCCC2)CC1. The third kappa shape index (κ3) is 5.30. The average Bonchev–Trinajstić information content (AvgIpc) is 3.26. The number of nitrogens with zero attached hydrogens (tertiary/aromatic N) is 2. The molecule has 160 valence electrons. The number of carbonyl (C=O) groups is 2. The van der Waals surface area contributed by atoms with Gasteiger partial charge in [-0.05, 0) is 36.8 Å². The van der Waals surface area contributed by atoms with Crippen LogP contribution in [0.15, 0.2) is 24.3 Å². The molecule has 0 bridgehead atoms. The first-order valence-corrected chi connectivity index (χ1v) is 10.9. The van der Waals surface area contributed by atoms with E-state index in [4.69, 9.17) is 4.74 Å². The van der Waals surface area contributed by atoms with Crippen LogP contribution < -0.4 is 10.1 Å². The first-order valence-electron chi connectivity index (χ1n) is 10.9. The molecule has 1 heterocycles. The van der Waals surface area contributed by atoms with Crippen LogP contribution >= 0.6 is 0 Å². The highest BCUT2D eigenvalue weighted by molar-refractivity contribution is 5.97. The summed E-state index contributed by atoms with van der Waals surface area (Å²) in [5.74, 6) is 1.65. The van der Waals surface area contributed by atoms with Crippen molar-refractivity contribution in [2.75, 3.05) is 39.8 Å². The van der Waals surface area contributed by atoms with Crippen molar-refractivity contribution < 1.29 is 14.3 Å². The summed E-state index contributed by atoms with van der Waals surface area (Å²) in [7, 11) is 1.59. The van der Waals surface area contributed by atoms with Gasteiger partial charge >= 0.3 is 0 Å². The Labute approximate surface area is 174 Å². The van der Waals surface area contributed by atoms with E-state index in [-0.39, 0.29) is 17.9 Å². The van der Waals surface area contributed by atoms with Crippen molar-refractivity contribution in [3.05, 3.63) is 29.8 Å². The van der Waals surface area contributed by atoms with Crippen LogP contribution in [0.25, 0.3) is 0 Å². The number of nitrogens with one attached hydrogen (secondary N) is 1. The minimum atomic E-state index is -0.0697. The van der Waals surface area contributed by atoms with Crippen molar-refractivity contribution in [3.8, 4) is 5.75 Å². The first-order chi connectivity index (χ1) is 14.0. The molecular weight excluding hydrogens is 366 g/mol. The summed E-state index contributed by atoms with van der Waals surface area (Å²) in [5, 5.41) is 3.15. The number of para-hydroxylation sites is 1. The van der Waals surface area contributed by atoms with Gasteiger partial charge in [0.1, 0.15) is 5.75 Å². The predicted molar refractivity (Wildman–Crippen MR) is 114 cm³/mol. The minimum absolute atomic E-state index is 0.00350. The Bertz CT molecular complexity index is 692. The van der Waals surface area contributed by atoms with Gasteiger partial charge in [0, 0.05) is 32.7 Å². The van der Waals surface area contributed by atoms with E-state index in [0.29, 0.717) is 42.8 Å². The number of carbonyl (C=O) groups excluding carboxylic acids is 2. The average molecular weight is 402 g/mol. The molecule has 0 radical (unpaired) electrons. The Hall–Kier alpha value is -2.08. The van der Waals surface area contributed by atoms with Gasteiger partial charge in [0.15, 0.2) is 0 Å². The number of piperazine rings is 1. The third-order valence-electron chi connectivity index (χ3n) is 6.13. The van der Waals surface area contributed by atoms with Gasteiger partial charge in [0.2, 0.25) is 5.91 Å². The molecule has 0 unspecified atom stereocenters. The van der Waals surface area contributed by atoms with Crippen LogP contribution in [0.3, 0.4) is 0 Å². The lowest BCUT2D eigenvalue weighted by atomic mass is 9.94. The van der Waals surface area contributed by atoms with E-state index in [0.717, 1.165) is 25.9 Å². The molecule has 1 aromatic rings. The maximum Gasteiger partial charge on any atom is 0.257 e. The summed E-state index contributed by atoms with van der Waals surface area (Å²) < 4.78 is 5.35. The van der Waals surface area contributed by atoms with Gasteiger partial charge in [-0.1, -0.05) is 38.8 Å². The smallest absolute Gasteiger partial charge is 0.257 e. The summed E-state index contributed by atoms with van der Waals surface area (Å²) in [4.78, 5) is 30.2. The van der Waals surface area contributed by atoms with Crippen LogP contribution in [0.2, 0.25) is 0 Å². The van der Waals surface area contributed by atoms with Crippen molar-refractivity contribution in [2.24, 2.45) is 11.8 Å². The Balaban J connectivity index is 1.64. The fourth-order valence-electron chi connectivity index (χ4n) is 4.56. The summed E-state index contributed by atoms with van der Waals surface area (Å²) in [6, 6.07) is 7.30. The van der Waals surface area contributed by atoms with Gasteiger partial charge in [-0.15, -0.1) is 0 Å². The zero-order valence-electron chi connectivity index (χ0n) is 18.0. The Morgan fingerprint density at radius 3 is 2.38 bits per heavy atom. The van der Waals surface area contributed by atoms with Crippen LogP contribution in [0, 0.1) is 11.8 Å². The molecule has 3 rings (SSSR count). The van der Waals surface area contributed by atoms with Gasteiger partial charge in [-0.3, -0.25) is 14.5 Å². The molecule has 2 aliphatic rings. The van der Waals surface area contributed by atoms with E-state index in [9.17, 15) is 9.59 Å². The Morgan fingerprint density at radius 2 is 1.76 bits per heavy atom.